The summed E-state index contributed by atoms with van der Waals surface area (Å²) in [5.74, 6) is 1.25. The molecular weight excluding hydrogens is 396 g/mol. The number of rotatable bonds is 8. The standard InChI is InChI=1S/C28H28N2O2/c1-3-5-7-19-9-13-21(14-10-19)27-29-23-17-24-26(18-25(23)31-27)32-28(30-24)22-15-11-20(12-16-22)8-6-4-2/h9-18H,3-8H2,1-2H3. The van der Waals surface area contributed by atoms with Crippen molar-refractivity contribution in [3.8, 4) is 22.9 Å². The van der Waals surface area contributed by atoms with E-state index in [0.717, 1.165) is 35.0 Å². The molecule has 0 aliphatic rings. The summed E-state index contributed by atoms with van der Waals surface area (Å²) in [5, 5.41) is 0. The lowest BCUT2D eigenvalue weighted by molar-refractivity contribution is 0.609. The van der Waals surface area contributed by atoms with Gasteiger partial charge in [0.1, 0.15) is 11.0 Å². The highest BCUT2D eigenvalue weighted by Crippen LogP contribution is 2.31. The number of fused-ring (bicyclic) bond motifs is 2. The van der Waals surface area contributed by atoms with Gasteiger partial charge in [0.05, 0.1) is 0 Å². The summed E-state index contributed by atoms with van der Waals surface area (Å²) in [5.41, 5.74) is 7.65. The second-order valence-electron chi connectivity index (χ2n) is 8.43. The van der Waals surface area contributed by atoms with Crippen molar-refractivity contribution < 1.29 is 8.83 Å². The average molecular weight is 425 g/mol. The highest BCUT2D eigenvalue weighted by atomic mass is 16.4. The lowest BCUT2D eigenvalue weighted by Gasteiger charge is -2.00. The van der Waals surface area contributed by atoms with Crippen molar-refractivity contribution >= 4 is 22.2 Å². The number of aryl methyl sites for hydroxylation is 2. The SMILES string of the molecule is CCCCc1ccc(-c2nc3cc4nc(-c5ccc(CCCC)cc5)oc4cc3o2)cc1. The van der Waals surface area contributed by atoms with E-state index >= 15 is 0 Å². The van der Waals surface area contributed by atoms with Gasteiger partial charge in [-0.25, -0.2) is 9.97 Å². The van der Waals surface area contributed by atoms with Gasteiger partial charge < -0.3 is 8.83 Å². The Hall–Kier alpha value is -3.40. The maximum atomic E-state index is 6.05. The maximum absolute atomic E-state index is 6.05. The highest BCUT2D eigenvalue weighted by Gasteiger charge is 2.14. The number of nitrogens with zero attached hydrogens (tertiary/aromatic N) is 2. The first-order valence-electron chi connectivity index (χ1n) is 11.6. The number of oxazole rings is 2. The molecule has 5 aromatic rings. The molecule has 4 heteroatoms. The predicted octanol–water partition coefficient (Wildman–Crippen LogP) is 7.99. The summed E-state index contributed by atoms with van der Waals surface area (Å²) < 4.78 is 12.1. The second kappa shape index (κ2) is 8.99. The molecule has 0 unspecified atom stereocenters. The van der Waals surface area contributed by atoms with Crippen LogP contribution in [0.25, 0.3) is 45.1 Å². The molecule has 0 radical (unpaired) electrons. The van der Waals surface area contributed by atoms with Gasteiger partial charge in [0, 0.05) is 17.2 Å². The smallest absolute Gasteiger partial charge is 0.227 e. The zero-order valence-corrected chi connectivity index (χ0v) is 18.7. The van der Waals surface area contributed by atoms with Crippen LogP contribution in [0.3, 0.4) is 0 Å². The van der Waals surface area contributed by atoms with Crippen molar-refractivity contribution in [2.24, 2.45) is 0 Å². The van der Waals surface area contributed by atoms with Crippen molar-refractivity contribution in [2.75, 3.05) is 0 Å². The molecule has 2 heterocycles. The Morgan fingerprint density at radius 3 is 1.44 bits per heavy atom. The van der Waals surface area contributed by atoms with E-state index in [2.05, 4.69) is 62.4 Å². The minimum absolute atomic E-state index is 0.623. The first-order valence-corrected chi connectivity index (χ1v) is 11.6. The van der Waals surface area contributed by atoms with Crippen LogP contribution in [0.15, 0.2) is 69.5 Å². The van der Waals surface area contributed by atoms with Crippen molar-refractivity contribution in [3.05, 3.63) is 71.8 Å². The summed E-state index contributed by atoms with van der Waals surface area (Å²) in [6, 6.07) is 20.8. The van der Waals surface area contributed by atoms with Gasteiger partial charge in [0.15, 0.2) is 11.2 Å². The first-order chi connectivity index (χ1) is 15.7. The molecule has 4 nitrogen and oxygen atoms in total. The van der Waals surface area contributed by atoms with Crippen LogP contribution < -0.4 is 0 Å². The topological polar surface area (TPSA) is 52.1 Å². The Kier molecular flexibility index (Phi) is 5.76. The number of hydrogen-bond donors (Lipinski definition) is 0. The minimum atomic E-state index is 0.623. The molecule has 0 saturated heterocycles. The normalized spacial score (nSPS) is 11.6. The molecule has 0 spiro atoms. The third kappa shape index (κ3) is 4.18. The Bertz CT molecular complexity index is 1180. The zero-order chi connectivity index (χ0) is 21.9. The second-order valence-corrected chi connectivity index (χ2v) is 8.43. The molecule has 0 atom stereocenters. The zero-order valence-electron chi connectivity index (χ0n) is 18.7. The van der Waals surface area contributed by atoms with Crippen LogP contribution in [0.4, 0.5) is 0 Å². The Morgan fingerprint density at radius 2 is 1.03 bits per heavy atom. The summed E-state index contributed by atoms with van der Waals surface area (Å²) in [7, 11) is 0. The summed E-state index contributed by atoms with van der Waals surface area (Å²) in [4.78, 5) is 9.40. The molecule has 0 fully saturated rings. The van der Waals surface area contributed by atoms with E-state index in [-0.39, 0.29) is 0 Å². The Balaban J connectivity index is 1.41. The number of aromatic nitrogens is 2. The molecule has 0 aliphatic heterocycles. The van der Waals surface area contributed by atoms with Gasteiger partial charge in [-0.3, -0.25) is 0 Å². The fraction of sp³-hybridized carbons (Fsp3) is 0.286. The molecule has 0 aliphatic carbocycles. The minimum Gasteiger partial charge on any atom is -0.436 e. The average Bonchev–Trinajstić information content (AvgIpc) is 3.43. The molecule has 0 saturated carbocycles. The fourth-order valence-corrected chi connectivity index (χ4v) is 3.99. The van der Waals surface area contributed by atoms with Crippen molar-refractivity contribution in [1.82, 2.24) is 9.97 Å². The van der Waals surface area contributed by atoms with Gasteiger partial charge in [0.25, 0.3) is 0 Å². The molecule has 5 rings (SSSR count). The Labute approximate surface area is 188 Å². The van der Waals surface area contributed by atoms with Crippen LogP contribution in [0.5, 0.6) is 0 Å². The largest absolute Gasteiger partial charge is 0.436 e. The van der Waals surface area contributed by atoms with E-state index in [9.17, 15) is 0 Å². The summed E-state index contributed by atoms with van der Waals surface area (Å²) in [6.45, 7) is 4.43. The van der Waals surface area contributed by atoms with E-state index in [0.29, 0.717) is 22.9 Å². The third-order valence-corrected chi connectivity index (χ3v) is 5.94. The molecule has 162 valence electrons. The number of hydrogen-bond acceptors (Lipinski definition) is 4. The number of unbranched alkanes of at least 4 members (excludes halogenated alkanes) is 2. The monoisotopic (exact) mass is 424 g/mol. The Morgan fingerprint density at radius 1 is 0.594 bits per heavy atom. The van der Waals surface area contributed by atoms with E-state index in [1.54, 1.807) is 0 Å². The summed E-state index contributed by atoms with van der Waals surface area (Å²) in [6.07, 6.45) is 7.03. The van der Waals surface area contributed by atoms with E-state index in [1.807, 2.05) is 12.1 Å². The van der Waals surface area contributed by atoms with Gasteiger partial charge in [0.2, 0.25) is 11.8 Å². The van der Waals surface area contributed by atoms with Gasteiger partial charge in [-0.1, -0.05) is 51.0 Å². The first kappa shape index (κ1) is 20.5. The van der Waals surface area contributed by atoms with E-state index in [1.165, 1.54) is 36.8 Å². The lowest BCUT2D eigenvalue weighted by atomic mass is 10.1. The van der Waals surface area contributed by atoms with E-state index in [4.69, 9.17) is 18.8 Å². The predicted molar refractivity (Wildman–Crippen MR) is 130 cm³/mol. The van der Waals surface area contributed by atoms with Crippen molar-refractivity contribution in [3.63, 3.8) is 0 Å². The van der Waals surface area contributed by atoms with Crippen LogP contribution >= 0.6 is 0 Å². The maximum Gasteiger partial charge on any atom is 0.227 e. The lowest BCUT2D eigenvalue weighted by Crippen LogP contribution is -1.85. The van der Waals surface area contributed by atoms with Gasteiger partial charge in [-0.05, 0) is 67.1 Å². The van der Waals surface area contributed by atoms with Gasteiger partial charge in [-0.15, -0.1) is 0 Å². The van der Waals surface area contributed by atoms with Crippen molar-refractivity contribution in [1.29, 1.82) is 0 Å². The molecule has 3 aromatic carbocycles. The van der Waals surface area contributed by atoms with Crippen LogP contribution in [-0.4, -0.2) is 9.97 Å². The molecule has 2 aromatic heterocycles. The van der Waals surface area contributed by atoms with Gasteiger partial charge in [-0.2, -0.15) is 0 Å². The van der Waals surface area contributed by atoms with Gasteiger partial charge >= 0.3 is 0 Å². The van der Waals surface area contributed by atoms with Crippen LogP contribution in [0.2, 0.25) is 0 Å². The summed E-state index contributed by atoms with van der Waals surface area (Å²) >= 11 is 0. The number of benzene rings is 3. The van der Waals surface area contributed by atoms with Crippen LogP contribution in [0, 0.1) is 0 Å². The van der Waals surface area contributed by atoms with Crippen LogP contribution in [-0.2, 0) is 12.8 Å². The molecular formula is C28H28N2O2. The molecule has 32 heavy (non-hydrogen) atoms. The van der Waals surface area contributed by atoms with E-state index < -0.39 is 0 Å². The molecule has 0 amide bonds. The quantitative estimate of drug-likeness (QED) is 0.253. The van der Waals surface area contributed by atoms with Crippen molar-refractivity contribution in [2.45, 2.75) is 52.4 Å². The third-order valence-electron chi connectivity index (χ3n) is 5.94. The molecule has 0 bridgehead atoms. The highest BCUT2D eigenvalue weighted by molar-refractivity contribution is 5.91. The molecule has 0 N–H and O–H groups in total. The fourth-order valence-electron chi connectivity index (χ4n) is 3.99. The van der Waals surface area contributed by atoms with Crippen LogP contribution in [0.1, 0.15) is 50.7 Å².